The normalized spacial score (nSPS) is 11.7. The molecule has 2 aromatic heterocycles. The lowest BCUT2D eigenvalue weighted by Gasteiger charge is -2.09. The molecule has 156 valence electrons. The fraction of sp³-hybridized carbons (Fsp3) is 0.364. The van der Waals surface area contributed by atoms with Crippen molar-refractivity contribution in [2.45, 2.75) is 45.8 Å². The van der Waals surface area contributed by atoms with Crippen LogP contribution in [0.15, 0.2) is 35.3 Å². The number of methoxy groups -OCH3 is 1. The minimum atomic E-state index is -0.381. The molecule has 1 unspecified atom stereocenters. The number of para-hydroxylation sites is 1. The van der Waals surface area contributed by atoms with Gasteiger partial charge in [0.1, 0.15) is 29.2 Å². The third-order valence-electron chi connectivity index (χ3n) is 4.77. The molecule has 8 nitrogen and oxygen atoms in total. The highest BCUT2D eigenvalue weighted by molar-refractivity contribution is 5.98. The molecule has 1 atom stereocenters. The number of nitrogens with zero attached hydrogens (tertiary/aromatic N) is 4. The van der Waals surface area contributed by atoms with Gasteiger partial charge in [0.15, 0.2) is 5.78 Å². The second kappa shape index (κ2) is 9.37. The standard InChI is InChI=1S/C22H25N5O3/c1-4-5-12-26-20(11-10-15(2)23)25-17-13-24-27(22(29)21(17)26)14-18(28)16-8-6-7-9-19(16)30-3/h6-9,13,15H,10-12,14,23H2,1-3H3. The average molecular weight is 407 g/mol. The van der Waals surface area contributed by atoms with Crippen molar-refractivity contribution in [3.63, 3.8) is 0 Å². The summed E-state index contributed by atoms with van der Waals surface area (Å²) < 4.78 is 8.20. The van der Waals surface area contributed by atoms with Gasteiger partial charge in [0.2, 0.25) is 0 Å². The number of rotatable bonds is 8. The van der Waals surface area contributed by atoms with Gasteiger partial charge in [-0.05, 0) is 32.4 Å². The van der Waals surface area contributed by atoms with Crippen LogP contribution in [-0.2, 0) is 19.5 Å². The molecule has 0 aliphatic rings. The zero-order valence-electron chi connectivity index (χ0n) is 17.4. The van der Waals surface area contributed by atoms with E-state index in [1.54, 1.807) is 35.8 Å². The second-order valence-corrected chi connectivity index (χ2v) is 7.02. The number of fused-ring (bicyclic) bond motifs is 1. The summed E-state index contributed by atoms with van der Waals surface area (Å²) >= 11 is 0. The van der Waals surface area contributed by atoms with Crippen LogP contribution in [0.25, 0.3) is 11.0 Å². The Morgan fingerprint density at radius 2 is 2.10 bits per heavy atom. The number of ketones is 1. The van der Waals surface area contributed by atoms with E-state index in [0.29, 0.717) is 35.3 Å². The first-order valence-electron chi connectivity index (χ1n) is 9.72. The summed E-state index contributed by atoms with van der Waals surface area (Å²) in [4.78, 5) is 30.5. The van der Waals surface area contributed by atoms with Crippen molar-refractivity contribution < 1.29 is 9.53 Å². The lowest BCUT2D eigenvalue weighted by molar-refractivity contribution is 0.0963. The number of ether oxygens (including phenoxy) is 1. The number of hydrogen-bond donors (Lipinski definition) is 1. The van der Waals surface area contributed by atoms with Crippen molar-refractivity contribution in [2.24, 2.45) is 5.73 Å². The topological polar surface area (TPSA) is 105 Å². The third kappa shape index (κ3) is 4.42. The monoisotopic (exact) mass is 407 g/mol. The zero-order valence-corrected chi connectivity index (χ0v) is 17.4. The molecule has 2 N–H and O–H groups in total. The lowest BCUT2D eigenvalue weighted by atomic mass is 10.1. The predicted octanol–water partition coefficient (Wildman–Crippen LogP) is 1.79. The molecule has 30 heavy (non-hydrogen) atoms. The van der Waals surface area contributed by atoms with E-state index in [2.05, 4.69) is 21.9 Å². The molecule has 0 aliphatic heterocycles. The van der Waals surface area contributed by atoms with E-state index >= 15 is 0 Å². The quantitative estimate of drug-likeness (QED) is 0.451. The molecule has 0 saturated carbocycles. The van der Waals surface area contributed by atoms with Crippen LogP contribution in [0.2, 0.25) is 0 Å². The smallest absolute Gasteiger partial charge is 0.293 e. The van der Waals surface area contributed by atoms with Gasteiger partial charge in [-0.2, -0.15) is 5.10 Å². The molecule has 0 bridgehead atoms. The molecule has 0 fully saturated rings. The Balaban J connectivity index is 2.02. The Kier molecular flexibility index (Phi) is 6.65. The van der Waals surface area contributed by atoms with E-state index in [4.69, 9.17) is 10.5 Å². The van der Waals surface area contributed by atoms with Crippen LogP contribution in [-0.4, -0.2) is 38.3 Å². The Morgan fingerprint density at radius 1 is 1.33 bits per heavy atom. The highest BCUT2D eigenvalue weighted by atomic mass is 16.5. The molecule has 0 amide bonds. The number of carbonyl (C=O) groups is 1. The maximum atomic E-state index is 13.2. The van der Waals surface area contributed by atoms with Crippen molar-refractivity contribution in [2.75, 3.05) is 7.11 Å². The first-order valence-corrected chi connectivity index (χ1v) is 9.72. The summed E-state index contributed by atoms with van der Waals surface area (Å²) in [7, 11) is 1.50. The molecular weight excluding hydrogens is 382 g/mol. The molecule has 1 aromatic carbocycles. The van der Waals surface area contributed by atoms with E-state index in [9.17, 15) is 9.59 Å². The van der Waals surface area contributed by atoms with Gasteiger partial charge in [0.05, 0.1) is 25.4 Å². The summed E-state index contributed by atoms with van der Waals surface area (Å²) in [6, 6.07) is 6.92. The van der Waals surface area contributed by atoms with Crippen molar-refractivity contribution in [1.82, 2.24) is 19.3 Å². The molecule has 0 radical (unpaired) electrons. The molecule has 0 saturated heterocycles. The zero-order chi connectivity index (χ0) is 21.7. The van der Waals surface area contributed by atoms with Gasteiger partial charge in [-0.1, -0.05) is 18.1 Å². The summed E-state index contributed by atoms with van der Waals surface area (Å²) in [5.74, 6) is 6.76. The molecular formula is C22H25N5O3. The van der Waals surface area contributed by atoms with Gasteiger partial charge in [0.25, 0.3) is 5.56 Å². The lowest BCUT2D eigenvalue weighted by Crippen LogP contribution is -2.28. The minimum Gasteiger partial charge on any atom is -0.496 e. The van der Waals surface area contributed by atoms with Crippen LogP contribution in [0.4, 0.5) is 0 Å². The van der Waals surface area contributed by atoms with Crippen LogP contribution >= 0.6 is 0 Å². The van der Waals surface area contributed by atoms with Crippen molar-refractivity contribution >= 4 is 16.8 Å². The number of carbonyl (C=O) groups excluding carboxylic acids is 1. The predicted molar refractivity (Wildman–Crippen MR) is 115 cm³/mol. The fourth-order valence-corrected chi connectivity index (χ4v) is 3.22. The summed E-state index contributed by atoms with van der Waals surface area (Å²) in [6.07, 6.45) is 2.87. The number of benzene rings is 1. The van der Waals surface area contributed by atoms with Crippen molar-refractivity contribution in [3.8, 4) is 17.6 Å². The van der Waals surface area contributed by atoms with Gasteiger partial charge in [-0.15, -0.1) is 5.92 Å². The fourth-order valence-electron chi connectivity index (χ4n) is 3.22. The summed E-state index contributed by atoms with van der Waals surface area (Å²) in [5.41, 5.74) is 6.77. The maximum absolute atomic E-state index is 13.2. The van der Waals surface area contributed by atoms with E-state index in [-0.39, 0.29) is 23.9 Å². The number of hydrogen-bond acceptors (Lipinski definition) is 6. The molecule has 2 heterocycles. The summed E-state index contributed by atoms with van der Waals surface area (Å²) in [5, 5.41) is 4.16. The maximum Gasteiger partial charge on any atom is 0.293 e. The van der Waals surface area contributed by atoms with E-state index < -0.39 is 0 Å². The van der Waals surface area contributed by atoms with E-state index in [0.717, 1.165) is 16.9 Å². The number of aryl methyl sites for hydroxylation is 1. The largest absolute Gasteiger partial charge is 0.496 e. The van der Waals surface area contributed by atoms with Crippen LogP contribution in [0, 0.1) is 11.8 Å². The molecule has 0 spiro atoms. The molecule has 3 aromatic rings. The Hall–Kier alpha value is -3.44. The average Bonchev–Trinajstić information content (AvgIpc) is 3.10. The van der Waals surface area contributed by atoms with Crippen molar-refractivity contribution in [1.29, 1.82) is 0 Å². The number of nitrogens with two attached hydrogens (primary N) is 1. The van der Waals surface area contributed by atoms with E-state index in [1.807, 2.05) is 6.92 Å². The van der Waals surface area contributed by atoms with Gasteiger partial charge in [-0.25, -0.2) is 9.67 Å². The number of imidazole rings is 1. The number of aromatic nitrogens is 4. The second-order valence-electron chi connectivity index (χ2n) is 7.02. The highest BCUT2D eigenvalue weighted by Gasteiger charge is 2.19. The Morgan fingerprint density at radius 3 is 2.80 bits per heavy atom. The minimum absolute atomic E-state index is 0.0174. The molecule has 8 heteroatoms. The van der Waals surface area contributed by atoms with Crippen LogP contribution in [0.3, 0.4) is 0 Å². The highest BCUT2D eigenvalue weighted by Crippen LogP contribution is 2.18. The summed E-state index contributed by atoms with van der Waals surface area (Å²) in [6.45, 7) is 3.80. The first kappa shape index (κ1) is 21.3. The van der Waals surface area contributed by atoms with Crippen LogP contribution in [0.5, 0.6) is 5.75 Å². The van der Waals surface area contributed by atoms with Crippen LogP contribution < -0.4 is 16.0 Å². The van der Waals surface area contributed by atoms with E-state index in [1.165, 1.54) is 13.3 Å². The molecule has 0 aliphatic carbocycles. The Labute approximate surface area is 174 Å². The van der Waals surface area contributed by atoms with Gasteiger partial charge in [-0.3, -0.25) is 9.59 Å². The third-order valence-corrected chi connectivity index (χ3v) is 4.77. The first-order chi connectivity index (χ1) is 14.5. The Bertz CT molecular complexity index is 1180. The SMILES string of the molecule is CC#CCn1c(CCC(C)N)nc2cnn(CC(=O)c3ccccc3OC)c(=O)c21. The van der Waals surface area contributed by atoms with Crippen molar-refractivity contribution in [3.05, 3.63) is 52.2 Å². The van der Waals surface area contributed by atoms with Gasteiger partial charge >= 0.3 is 0 Å². The number of Topliss-reactive ketones (excluding diaryl/α,β-unsaturated/α-hetero) is 1. The molecule has 3 rings (SSSR count). The van der Waals surface area contributed by atoms with Gasteiger partial charge < -0.3 is 15.0 Å². The van der Waals surface area contributed by atoms with Gasteiger partial charge in [0, 0.05) is 12.5 Å². The van der Waals surface area contributed by atoms with Crippen LogP contribution in [0.1, 0.15) is 36.5 Å².